The van der Waals surface area contributed by atoms with Crippen LogP contribution in [-0.4, -0.2) is 54.1 Å². The van der Waals surface area contributed by atoms with E-state index in [4.69, 9.17) is 14.5 Å². The summed E-state index contributed by atoms with van der Waals surface area (Å²) in [5, 5.41) is 11.5. The fraction of sp³-hybridized carbons (Fsp3) is 0.591. The lowest BCUT2D eigenvalue weighted by atomic mass is 9.85. The molecule has 0 bridgehead atoms. The van der Waals surface area contributed by atoms with Crippen molar-refractivity contribution in [1.29, 1.82) is 0 Å². The molecule has 0 fully saturated rings. The molecule has 1 aromatic carbocycles. The molecule has 0 saturated carbocycles. The van der Waals surface area contributed by atoms with Crippen LogP contribution in [0.2, 0.25) is 0 Å². The molecule has 3 rings (SSSR count). The van der Waals surface area contributed by atoms with Gasteiger partial charge in [0.25, 0.3) is 0 Å². The number of aliphatic imine (C=N–C) groups is 1. The maximum atomic E-state index is 5.27. The summed E-state index contributed by atoms with van der Waals surface area (Å²) in [5.41, 5.74) is 1.15. The van der Waals surface area contributed by atoms with Gasteiger partial charge in [0.05, 0.1) is 20.2 Å². The van der Waals surface area contributed by atoms with E-state index in [1.807, 2.05) is 16.8 Å². The third-order valence-electron chi connectivity index (χ3n) is 5.36. The largest absolute Gasteiger partial charge is 0.497 e. The van der Waals surface area contributed by atoms with Crippen LogP contribution in [-0.2, 0) is 29.7 Å². The first-order chi connectivity index (χ1) is 14.4. The van der Waals surface area contributed by atoms with E-state index in [1.54, 1.807) is 14.2 Å². The Hall–Kier alpha value is -1.88. The third kappa shape index (κ3) is 6.80. The van der Waals surface area contributed by atoms with Gasteiger partial charge in [0.15, 0.2) is 11.8 Å². The van der Waals surface area contributed by atoms with E-state index in [2.05, 4.69) is 53.6 Å². The lowest BCUT2D eigenvalue weighted by molar-refractivity contribution is 0.177. The van der Waals surface area contributed by atoms with Crippen LogP contribution in [0.3, 0.4) is 0 Å². The van der Waals surface area contributed by atoms with Crippen LogP contribution in [0.15, 0.2) is 29.3 Å². The number of nitrogens with zero attached hydrogens (tertiary/aromatic N) is 4. The summed E-state index contributed by atoms with van der Waals surface area (Å²) in [6, 6.07) is 8.48. The quantitative estimate of drug-likeness (QED) is 0.303. The second-order valence-electron chi connectivity index (χ2n) is 8.25. The Labute approximate surface area is 202 Å². The van der Waals surface area contributed by atoms with Gasteiger partial charge >= 0.3 is 0 Å². The minimum atomic E-state index is -0.0880. The van der Waals surface area contributed by atoms with Gasteiger partial charge in [0, 0.05) is 31.5 Å². The number of guanidine groups is 1. The molecule has 9 heteroatoms. The summed E-state index contributed by atoms with van der Waals surface area (Å²) in [5.74, 6) is 3.48. The lowest BCUT2D eigenvalue weighted by Gasteiger charge is -2.27. The molecule has 2 heterocycles. The average Bonchev–Trinajstić information content (AvgIpc) is 3.14. The normalized spacial score (nSPS) is 16.3. The fourth-order valence-corrected chi connectivity index (χ4v) is 3.59. The second kappa shape index (κ2) is 11.7. The number of hydrogen-bond donors (Lipinski definition) is 2. The van der Waals surface area contributed by atoms with Crippen LogP contribution in [0.25, 0.3) is 0 Å². The molecule has 8 nitrogen and oxygen atoms in total. The predicted octanol–water partition coefficient (Wildman–Crippen LogP) is 2.90. The van der Waals surface area contributed by atoms with Crippen LogP contribution < -0.4 is 15.4 Å². The number of aryl methyl sites for hydroxylation is 1. The number of methoxy groups -OCH3 is 2. The molecule has 1 aromatic heterocycles. The average molecular weight is 542 g/mol. The smallest absolute Gasteiger partial charge is 0.191 e. The van der Waals surface area contributed by atoms with Crippen LogP contribution >= 0.6 is 24.0 Å². The highest BCUT2D eigenvalue weighted by Gasteiger charge is 2.24. The van der Waals surface area contributed by atoms with Crippen molar-refractivity contribution in [3.63, 3.8) is 0 Å². The molecular weight excluding hydrogens is 507 g/mol. The van der Waals surface area contributed by atoms with Gasteiger partial charge in [-0.3, -0.25) is 4.99 Å². The van der Waals surface area contributed by atoms with E-state index in [1.165, 1.54) is 5.56 Å². The number of halogens is 1. The highest BCUT2D eigenvalue weighted by Crippen LogP contribution is 2.25. The zero-order chi connectivity index (χ0) is 21.6. The van der Waals surface area contributed by atoms with E-state index in [0.717, 1.165) is 49.3 Å². The molecule has 1 aliphatic rings. The van der Waals surface area contributed by atoms with E-state index in [-0.39, 0.29) is 35.4 Å². The molecular formula is C22H35IN6O2. The maximum absolute atomic E-state index is 5.27. The first kappa shape index (κ1) is 25.4. The number of hydrogen-bond acceptors (Lipinski definition) is 5. The van der Waals surface area contributed by atoms with Crippen molar-refractivity contribution in [1.82, 2.24) is 25.4 Å². The van der Waals surface area contributed by atoms with Gasteiger partial charge in [0.1, 0.15) is 18.2 Å². The van der Waals surface area contributed by atoms with Crippen LogP contribution in [0.1, 0.15) is 44.4 Å². The zero-order valence-corrected chi connectivity index (χ0v) is 21.5. The highest BCUT2D eigenvalue weighted by molar-refractivity contribution is 14.0. The summed E-state index contributed by atoms with van der Waals surface area (Å²) in [6.07, 6.45) is 1.89. The topological polar surface area (TPSA) is 85.6 Å². The van der Waals surface area contributed by atoms with E-state index < -0.39 is 0 Å². The maximum Gasteiger partial charge on any atom is 0.191 e. The van der Waals surface area contributed by atoms with Gasteiger partial charge in [-0.1, -0.05) is 26.0 Å². The van der Waals surface area contributed by atoms with Crippen molar-refractivity contribution < 1.29 is 9.47 Å². The first-order valence-corrected chi connectivity index (χ1v) is 10.6. The molecule has 0 radical (unpaired) electrons. The molecule has 1 atom stereocenters. The molecule has 172 valence electrons. The van der Waals surface area contributed by atoms with Gasteiger partial charge < -0.3 is 20.1 Å². The Morgan fingerprint density at radius 2 is 2.00 bits per heavy atom. The molecule has 0 spiro atoms. The molecule has 2 aromatic rings. The van der Waals surface area contributed by atoms with E-state index >= 15 is 0 Å². The van der Waals surface area contributed by atoms with Gasteiger partial charge in [-0.05, 0) is 31.0 Å². The summed E-state index contributed by atoms with van der Waals surface area (Å²) in [4.78, 5) is 9.44. The van der Waals surface area contributed by atoms with Crippen LogP contribution in [0, 0.1) is 0 Å². The molecule has 1 unspecified atom stereocenters. The van der Waals surface area contributed by atoms with Crippen LogP contribution in [0.4, 0.5) is 0 Å². The Kier molecular flexibility index (Phi) is 9.54. The van der Waals surface area contributed by atoms with Crippen molar-refractivity contribution in [3.05, 3.63) is 41.5 Å². The summed E-state index contributed by atoms with van der Waals surface area (Å²) in [7, 11) is 3.35. The SMILES string of the molecule is CCNC(=NCC(C)(C)c1ccc(OC)cc1)NC1CCc2nc(COC)nn2C1.I. The third-order valence-corrected chi connectivity index (χ3v) is 5.36. The van der Waals surface area contributed by atoms with Crippen LogP contribution in [0.5, 0.6) is 5.75 Å². The highest BCUT2D eigenvalue weighted by atomic mass is 127. The monoisotopic (exact) mass is 542 g/mol. The van der Waals surface area contributed by atoms with Gasteiger partial charge in [-0.25, -0.2) is 9.67 Å². The minimum Gasteiger partial charge on any atom is -0.497 e. The molecule has 0 amide bonds. The van der Waals surface area contributed by atoms with Crippen molar-refractivity contribution in [3.8, 4) is 5.75 Å². The molecule has 0 aliphatic carbocycles. The van der Waals surface area contributed by atoms with Crippen molar-refractivity contribution >= 4 is 29.9 Å². The Balaban J connectivity index is 0.00000341. The summed E-state index contributed by atoms with van der Waals surface area (Å²) >= 11 is 0. The Morgan fingerprint density at radius 1 is 1.26 bits per heavy atom. The van der Waals surface area contributed by atoms with E-state index in [0.29, 0.717) is 13.2 Å². The number of rotatable bonds is 8. The van der Waals surface area contributed by atoms with Gasteiger partial charge in [-0.15, -0.1) is 24.0 Å². The minimum absolute atomic E-state index is 0. The number of aromatic nitrogens is 3. The molecule has 1 aliphatic heterocycles. The van der Waals surface area contributed by atoms with Crippen molar-refractivity contribution in [2.45, 2.75) is 58.2 Å². The number of benzene rings is 1. The molecule has 2 N–H and O–H groups in total. The second-order valence-corrected chi connectivity index (χ2v) is 8.25. The van der Waals surface area contributed by atoms with Gasteiger partial charge in [-0.2, -0.15) is 5.10 Å². The fourth-order valence-electron chi connectivity index (χ4n) is 3.59. The van der Waals surface area contributed by atoms with E-state index in [9.17, 15) is 0 Å². The Morgan fingerprint density at radius 3 is 2.65 bits per heavy atom. The number of fused-ring (bicyclic) bond motifs is 1. The first-order valence-electron chi connectivity index (χ1n) is 10.6. The van der Waals surface area contributed by atoms with Crippen molar-refractivity contribution in [2.24, 2.45) is 4.99 Å². The Bertz CT molecular complexity index is 850. The van der Waals surface area contributed by atoms with Crippen molar-refractivity contribution in [2.75, 3.05) is 27.3 Å². The number of nitrogens with one attached hydrogen (secondary N) is 2. The van der Waals surface area contributed by atoms with Gasteiger partial charge in [0.2, 0.25) is 0 Å². The lowest BCUT2D eigenvalue weighted by Crippen LogP contribution is -2.47. The number of ether oxygens (including phenoxy) is 2. The predicted molar refractivity (Wildman–Crippen MR) is 133 cm³/mol. The molecule has 0 saturated heterocycles. The summed E-state index contributed by atoms with van der Waals surface area (Å²) < 4.78 is 12.4. The molecule has 31 heavy (non-hydrogen) atoms. The summed E-state index contributed by atoms with van der Waals surface area (Å²) in [6.45, 7) is 9.21. The standard InChI is InChI=1S/C22H34N6O2.HI/c1-6-23-21(24-15-22(2,3)16-7-10-18(30-5)11-8-16)25-17-9-12-20-26-19(14-29-4)27-28(20)13-17;/h7-8,10-11,17H,6,9,12-15H2,1-5H3,(H2,23,24,25);1H. The zero-order valence-electron chi connectivity index (χ0n) is 19.1.